The largest absolute Gasteiger partial charge is 0.342 e. The molecule has 0 atom stereocenters. The Labute approximate surface area is 107 Å². The van der Waals surface area contributed by atoms with Gasteiger partial charge in [0.1, 0.15) is 0 Å². The zero-order valence-electron chi connectivity index (χ0n) is 10.7. The van der Waals surface area contributed by atoms with Gasteiger partial charge in [-0.25, -0.2) is 0 Å². The Kier molecular flexibility index (Phi) is 4.54. The molecule has 2 aliphatic rings. The number of piperazine rings is 1. The number of amides is 2. The second kappa shape index (κ2) is 6.15. The third-order valence-electron chi connectivity index (χ3n) is 3.80. The highest BCUT2D eigenvalue weighted by Gasteiger charge is 2.30. The molecule has 2 fully saturated rings. The van der Waals surface area contributed by atoms with E-state index in [0.717, 1.165) is 39.0 Å². The molecule has 0 radical (unpaired) electrons. The van der Waals surface area contributed by atoms with Crippen molar-refractivity contribution in [3.05, 3.63) is 0 Å². The van der Waals surface area contributed by atoms with Crippen LogP contribution in [0.1, 0.15) is 12.8 Å². The van der Waals surface area contributed by atoms with Crippen LogP contribution in [0.5, 0.6) is 0 Å². The molecule has 0 unspecified atom stereocenters. The van der Waals surface area contributed by atoms with Crippen molar-refractivity contribution in [3.63, 3.8) is 0 Å². The molecule has 102 valence electrons. The lowest BCUT2D eigenvalue weighted by atomic mass is 9.95. The SMILES string of the molecule is NCC(=O)N1CCC(C(=O)N2CCNCC2)CC1. The minimum Gasteiger partial charge on any atom is -0.342 e. The van der Waals surface area contributed by atoms with Crippen LogP contribution in [0.4, 0.5) is 0 Å². The van der Waals surface area contributed by atoms with Crippen molar-refractivity contribution in [1.29, 1.82) is 0 Å². The van der Waals surface area contributed by atoms with Crippen LogP contribution in [-0.2, 0) is 9.59 Å². The van der Waals surface area contributed by atoms with Crippen molar-refractivity contribution >= 4 is 11.8 Å². The molecule has 6 heteroatoms. The molecular weight excluding hydrogens is 232 g/mol. The fourth-order valence-corrected chi connectivity index (χ4v) is 2.65. The summed E-state index contributed by atoms with van der Waals surface area (Å²) < 4.78 is 0. The molecular formula is C12H22N4O2. The molecule has 2 aliphatic heterocycles. The fourth-order valence-electron chi connectivity index (χ4n) is 2.65. The molecule has 0 aromatic rings. The van der Waals surface area contributed by atoms with Crippen LogP contribution < -0.4 is 11.1 Å². The van der Waals surface area contributed by atoms with Crippen LogP contribution in [0.2, 0.25) is 0 Å². The maximum absolute atomic E-state index is 12.3. The highest BCUT2D eigenvalue weighted by Crippen LogP contribution is 2.19. The summed E-state index contributed by atoms with van der Waals surface area (Å²) in [6, 6.07) is 0. The average molecular weight is 254 g/mol. The van der Waals surface area contributed by atoms with Crippen molar-refractivity contribution in [2.75, 3.05) is 45.8 Å². The number of hydrogen-bond donors (Lipinski definition) is 2. The summed E-state index contributed by atoms with van der Waals surface area (Å²) in [4.78, 5) is 27.4. The van der Waals surface area contributed by atoms with Crippen molar-refractivity contribution in [2.45, 2.75) is 12.8 Å². The summed E-state index contributed by atoms with van der Waals surface area (Å²) in [5.41, 5.74) is 5.34. The molecule has 0 aromatic heterocycles. The third kappa shape index (κ3) is 3.00. The molecule has 2 rings (SSSR count). The first-order chi connectivity index (χ1) is 8.72. The molecule has 0 bridgehead atoms. The van der Waals surface area contributed by atoms with Crippen LogP contribution in [0.3, 0.4) is 0 Å². The first-order valence-corrected chi connectivity index (χ1v) is 6.69. The Morgan fingerprint density at radius 1 is 1.06 bits per heavy atom. The van der Waals surface area contributed by atoms with Gasteiger partial charge in [-0.3, -0.25) is 9.59 Å². The second-order valence-corrected chi connectivity index (χ2v) is 4.93. The number of likely N-dealkylation sites (tertiary alicyclic amines) is 1. The van der Waals surface area contributed by atoms with Gasteiger partial charge >= 0.3 is 0 Å². The third-order valence-corrected chi connectivity index (χ3v) is 3.80. The molecule has 6 nitrogen and oxygen atoms in total. The Balaban J connectivity index is 1.81. The van der Waals surface area contributed by atoms with Crippen molar-refractivity contribution in [1.82, 2.24) is 15.1 Å². The van der Waals surface area contributed by atoms with Gasteiger partial charge in [0.05, 0.1) is 6.54 Å². The van der Waals surface area contributed by atoms with E-state index in [2.05, 4.69) is 5.32 Å². The van der Waals surface area contributed by atoms with Crippen LogP contribution in [0.15, 0.2) is 0 Å². The molecule has 2 heterocycles. The monoisotopic (exact) mass is 254 g/mol. The van der Waals surface area contributed by atoms with E-state index < -0.39 is 0 Å². The number of nitrogens with zero attached hydrogens (tertiary/aromatic N) is 2. The molecule has 0 saturated carbocycles. The maximum Gasteiger partial charge on any atom is 0.236 e. The van der Waals surface area contributed by atoms with E-state index >= 15 is 0 Å². The fraction of sp³-hybridized carbons (Fsp3) is 0.833. The summed E-state index contributed by atoms with van der Waals surface area (Å²) in [5.74, 6) is 0.337. The molecule has 3 N–H and O–H groups in total. The smallest absolute Gasteiger partial charge is 0.236 e. The van der Waals surface area contributed by atoms with Crippen LogP contribution in [-0.4, -0.2) is 67.4 Å². The molecule has 18 heavy (non-hydrogen) atoms. The lowest BCUT2D eigenvalue weighted by Crippen LogP contribution is -2.51. The van der Waals surface area contributed by atoms with E-state index in [1.54, 1.807) is 4.90 Å². The van der Waals surface area contributed by atoms with Gasteiger partial charge in [-0.05, 0) is 12.8 Å². The highest BCUT2D eigenvalue weighted by molar-refractivity contribution is 5.80. The molecule has 2 saturated heterocycles. The zero-order chi connectivity index (χ0) is 13.0. The summed E-state index contributed by atoms with van der Waals surface area (Å²) >= 11 is 0. The Morgan fingerprint density at radius 3 is 2.22 bits per heavy atom. The van der Waals surface area contributed by atoms with Gasteiger partial charge in [0.15, 0.2) is 0 Å². The van der Waals surface area contributed by atoms with Crippen molar-refractivity contribution < 1.29 is 9.59 Å². The Hall–Kier alpha value is -1.14. The maximum atomic E-state index is 12.3. The van der Waals surface area contributed by atoms with E-state index in [0.29, 0.717) is 13.1 Å². The number of nitrogens with two attached hydrogens (primary N) is 1. The summed E-state index contributed by atoms with van der Waals surface area (Å²) in [5, 5.41) is 3.24. The lowest BCUT2D eigenvalue weighted by Gasteiger charge is -2.35. The molecule has 0 aromatic carbocycles. The number of hydrogen-bond acceptors (Lipinski definition) is 4. The van der Waals surface area contributed by atoms with Gasteiger partial charge in [0, 0.05) is 45.2 Å². The number of piperidine rings is 1. The standard InChI is InChI=1S/C12H22N4O2/c13-9-11(17)15-5-1-10(2-6-15)12(18)16-7-3-14-4-8-16/h10,14H,1-9,13H2. The van der Waals surface area contributed by atoms with Gasteiger partial charge in [0.2, 0.25) is 11.8 Å². The number of carbonyl (C=O) groups is 2. The van der Waals surface area contributed by atoms with E-state index in [4.69, 9.17) is 5.73 Å². The van der Waals surface area contributed by atoms with Crippen LogP contribution in [0.25, 0.3) is 0 Å². The molecule has 2 amide bonds. The van der Waals surface area contributed by atoms with Gasteiger partial charge in [-0.15, -0.1) is 0 Å². The van der Waals surface area contributed by atoms with Crippen molar-refractivity contribution in [3.8, 4) is 0 Å². The first-order valence-electron chi connectivity index (χ1n) is 6.69. The number of nitrogens with one attached hydrogen (secondary N) is 1. The summed E-state index contributed by atoms with van der Waals surface area (Å²) in [7, 11) is 0. The normalized spacial score (nSPS) is 22.1. The van der Waals surface area contributed by atoms with Crippen LogP contribution >= 0.6 is 0 Å². The van der Waals surface area contributed by atoms with Crippen LogP contribution in [0, 0.1) is 5.92 Å². The van der Waals surface area contributed by atoms with E-state index in [-0.39, 0.29) is 24.3 Å². The topological polar surface area (TPSA) is 78.7 Å². The molecule has 0 aliphatic carbocycles. The highest BCUT2D eigenvalue weighted by atomic mass is 16.2. The predicted molar refractivity (Wildman–Crippen MR) is 67.8 cm³/mol. The second-order valence-electron chi connectivity index (χ2n) is 4.93. The van der Waals surface area contributed by atoms with E-state index in [1.807, 2.05) is 4.90 Å². The van der Waals surface area contributed by atoms with E-state index in [1.165, 1.54) is 0 Å². The first kappa shape index (κ1) is 13.3. The van der Waals surface area contributed by atoms with E-state index in [9.17, 15) is 9.59 Å². The average Bonchev–Trinajstić information content (AvgIpc) is 2.47. The summed E-state index contributed by atoms with van der Waals surface area (Å²) in [6.07, 6.45) is 1.54. The minimum absolute atomic E-state index is 0.0110. The predicted octanol–water partition coefficient (Wildman–Crippen LogP) is -1.38. The lowest BCUT2D eigenvalue weighted by molar-refractivity contribution is -0.140. The molecule has 0 spiro atoms. The van der Waals surface area contributed by atoms with Gasteiger partial charge < -0.3 is 20.9 Å². The Morgan fingerprint density at radius 2 is 1.67 bits per heavy atom. The quantitative estimate of drug-likeness (QED) is 0.636. The zero-order valence-corrected chi connectivity index (χ0v) is 10.7. The van der Waals surface area contributed by atoms with Gasteiger partial charge in [-0.2, -0.15) is 0 Å². The van der Waals surface area contributed by atoms with Gasteiger partial charge in [0.25, 0.3) is 0 Å². The minimum atomic E-state index is -0.0110. The number of carbonyl (C=O) groups excluding carboxylic acids is 2. The Bertz CT molecular complexity index is 307. The van der Waals surface area contributed by atoms with Gasteiger partial charge in [-0.1, -0.05) is 0 Å². The number of rotatable bonds is 2. The van der Waals surface area contributed by atoms with Crippen molar-refractivity contribution in [2.24, 2.45) is 11.7 Å². The summed E-state index contributed by atoms with van der Waals surface area (Å²) in [6.45, 7) is 4.78.